The summed E-state index contributed by atoms with van der Waals surface area (Å²) in [5.74, 6) is -3.68. The lowest BCUT2D eigenvalue weighted by Gasteiger charge is -2.35. The maximum Gasteiger partial charge on any atom is 0.290 e. The molecule has 2 aromatic carbocycles. The smallest absolute Gasteiger partial charge is 0.274 e. The molecular formula is C25H21F2N3. The fourth-order valence-corrected chi connectivity index (χ4v) is 4.13. The van der Waals surface area contributed by atoms with E-state index in [1.807, 2.05) is 38.1 Å². The van der Waals surface area contributed by atoms with Gasteiger partial charge in [-0.05, 0) is 31.0 Å². The SMILES string of the molecule is Cc1cccc([C@@H]2N=C(c3ccccc3)C(F)(F)C[C@@H]2c2ncc(C#N)cc2C)c1. The summed E-state index contributed by atoms with van der Waals surface area (Å²) in [7, 11) is 0. The summed E-state index contributed by atoms with van der Waals surface area (Å²) in [4.78, 5) is 9.03. The first-order valence-corrected chi connectivity index (χ1v) is 9.84. The van der Waals surface area contributed by atoms with Crippen molar-refractivity contribution in [3.8, 4) is 6.07 Å². The van der Waals surface area contributed by atoms with Crippen molar-refractivity contribution in [1.82, 2.24) is 4.98 Å². The molecule has 0 spiro atoms. The Bertz CT molecular complexity index is 1150. The molecule has 0 aliphatic carbocycles. The predicted octanol–water partition coefficient (Wildman–Crippen LogP) is 5.92. The van der Waals surface area contributed by atoms with E-state index < -0.39 is 17.9 Å². The van der Waals surface area contributed by atoms with Gasteiger partial charge in [0.1, 0.15) is 11.8 Å². The molecule has 1 aliphatic rings. The maximum absolute atomic E-state index is 15.3. The highest BCUT2D eigenvalue weighted by molar-refractivity contribution is 6.06. The fraction of sp³-hybridized carbons (Fsp3) is 0.240. The Kier molecular flexibility index (Phi) is 5.17. The molecule has 30 heavy (non-hydrogen) atoms. The molecule has 150 valence electrons. The maximum atomic E-state index is 15.3. The predicted molar refractivity (Wildman–Crippen MR) is 113 cm³/mol. The van der Waals surface area contributed by atoms with Crippen molar-refractivity contribution >= 4 is 5.71 Å². The van der Waals surface area contributed by atoms with Crippen molar-refractivity contribution in [2.24, 2.45) is 4.99 Å². The molecular weight excluding hydrogens is 380 g/mol. The summed E-state index contributed by atoms with van der Waals surface area (Å²) < 4.78 is 30.6. The average Bonchev–Trinajstić information content (AvgIpc) is 2.73. The average molecular weight is 401 g/mol. The van der Waals surface area contributed by atoms with Crippen molar-refractivity contribution in [3.63, 3.8) is 0 Å². The lowest BCUT2D eigenvalue weighted by molar-refractivity contribution is 0.0483. The van der Waals surface area contributed by atoms with Gasteiger partial charge in [0, 0.05) is 29.8 Å². The number of aliphatic imine (C=N–C) groups is 1. The molecule has 0 saturated heterocycles. The topological polar surface area (TPSA) is 49.0 Å². The van der Waals surface area contributed by atoms with Crippen molar-refractivity contribution in [2.75, 3.05) is 0 Å². The van der Waals surface area contributed by atoms with Crippen LogP contribution >= 0.6 is 0 Å². The zero-order valence-corrected chi connectivity index (χ0v) is 16.8. The molecule has 2 heterocycles. The summed E-state index contributed by atoms with van der Waals surface area (Å²) in [6, 6.07) is 19.7. The van der Waals surface area contributed by atoms with Crippen LogP contribution in [0.2, 0.25) is 0 Å². The Labute approximate surface area is 174 Å². The van der Waals surface area contributed by atoms with Crippen molar-refractivity contribution in [1.29, 1.82) is 5.26 Å². The summed E-state index contributed by atoms with van der Waals surface area (Å²) in [5, 5.41) is 9.14. The normalized spacial score (nSPS) is 20.3. The number of benzene rings is 2. The number of nitriles is 1. The van der Waals surface area contributed by atoms with E-state index in [0.29, 0.717) is 16.8 Å². The number of aromatic nitrogens is 1. The summed E-state index contributed by atoms with van der Waals surface area (Å²) in [6.07, 6.45) is 1.06. The van der Waals surface area contributed by atoms with Crippen LogP contribution in [-0.2, 0) is 0 Å². The number of pyridine rings is 1. The van der Waals surface area contributed by atoms with Gasteiger partial charge in [-0.1, -0.05) is 60.2 Å². The van der Waals surface area contributed by atoms with Gasteiger partial charge < -0.3 is 0 Å². The van der Waals surface area contributed by atoms with Crippen LogP contribution in [-0.4, -0.2) is 16.6 Å². The Morgan fingerprint density at radius 3 is 2.47 bits per heavy atom. The minimum absolute atomic E-state index is 0.183. The molecule has 5 heteroatoms. The van der Waals surface area contributed by atoms with Gasteiger partial charge in [0.05, 0.1) is 11.6 Å². The van der Waals surface area contributed by atoms with Gasteiger partial charge in [-0.2, -0.15) is 14.0 Å². The van der Waals surface area contributed by atoms with Crippen LogP contribution in [0.4, 0.5) is 8.78 Å². The quantitative estimate of drug-likeness (QED) is 0.547. The first-order valence-electron chi connectivity index (χ1n) is 9.84. The Balaban J connectivity index is 1.89. The molecule has 0 N–H and O–H groups in total. The van der Waals surface area contributed by atoms with Crippen LogP contribution in [0.5, 0.6) is 0 Å². The molecule has 1 aromatic heterocycles. The number of halogens is 2. The van der Waals surface area contributed by atoms with E-state index >= 15 is 8.78 Å². The number of alkyl halides is 2. The Morgan fingerprint density at radius 2 is 1.80 bits per heavy atom. The molecule has 0 bridgehead atoms. The summed E-state index contributed by atoms with van der Waals surface area (Å²) in [5.41, 5.74) is 3.89. The number of hydrogen-bond donors (Lipinski definition) is 0. The fourth-order valence-electron chi connectivity index (χ4n) is 4.13. The Hall–Kier alpha value is -3.39. The van der Waals surface area contributed by atoms with Gasteiger partial charge in [-0.3, -0.25) is 9.98 Å². The van der Waals surface area contributed by atoms with Crippen molar-refractivity contribution in [2.45, 2.75) is 38.2 Å². The van der Waals surface area contributed by atoms with E-state index in [0.717, 1.165) is 16.7 Å². The van der Waals surface area contributed by atoms with Gasteiger partial charge in [0.25, 0.3) is 5.92 Å². The monoisotopic (exact) mass is 401 g/mol. The van der Waals surface area contributed by atoms with Crippen LogP contribution in [0, 0.1) is 25.2 Å². The van der Waals surface area contributed by atoms with Gasteiger partial charge in [-0.15, -0.1) is 0 Å². The largest absolute Gasteiger partial charge is 0.290 e. The lowest BCUT2D eigenvalue weighted by atomic mass is 9.79. The third-order valence-corrected chi connectivity index (χ3v) is 5.50. The highest BCUT2D eigenvalue weighted by Gasteiger charge is 2.47. The van der Waals surface area contributed by atoms with Crippen LogP contribution in [0.15, 0.2) is 71.9 Å². The van der Waals surface area contributed by atoms with Crippen LogP contribution in [0.25, 0.3) is 0 Å². The molecule has 1 aliphatic heterocycles. The summed E-state index contributed by atoms with van der Waals surface area (Å²) in [6.45, 7) is 3.79. The number of hydrogen-bond acceptors (Lipinski definition) is 3. The highest BCUT2D eigenvalue weighted by Crippen LogP contribution is 2.47. The van der Waals surface area contributed by atoms with Gasteiger partial charge in [0.2, 0.25) is 0 Å². The van der Waals surface area contributed by atoms with Gasteiger partial charge in [-0.25, -0.2) is 0 Å². The lowest BCUT2D eigenvalue weighted by Crippen LogP contribution is -2.38. The van der Waals surface area contributed by atoms with Crippen molar-refractivity contribution in [3.05, 3.63) is 100 Å². The van der Waals surface area contributed by atoms with E-state index in [-0.39, 0.29) is 12.1 Å². The highest BCUT2D eigenvalue weighted by atomic mass is 19.3. The minimum atomic E-state index is -3.09. The van der Waals surface area contributed by atoms with E-state index in [9.17, 15) is 0 Å². The zero-order valence-electron chi connectivity index (χ0n) is 16.8. The second-order valence-corrected chi connectivity index (χ2v) is 7.76. The summed E-state index contributed by atoms with van der Waals surface area (Å²) >= 11 is 0. The molecule has 3 aromatic rings. The standard InChI is InChI=1S/C25H21F2N3/c1-16-7-6-10-20(11-16)23-21(22-17(2)12-18(14-28)15-29-22)13-25(26,27)24(30-23)19-8-4-3-5-9-19/h3-12,15,21,23H,13H2,1-2H3/t21-,23+/m1/s1. The molecule has 2 atom stereocenters. The van der Waals surface area contributed by atoms with Crippen LogP contribution in [0.3, 0.4) is 0 Å². The zero-order chi connectivity index (χ0) is 21.3. The molecule has 0 amide bonds. The van der Waals surface area contributed by atoms with Gasteiger partial charge >= 0.3 is 0 Å². The Morgan fingerprint density at radius 1 is 1.03 bits per heavy atom. The second kappa shape index (κ2) is 7.79. The molecule has 4 rings (SSSR count). The molecule has 0 radical (unpaired) electrons. The molecule has 3 nitrogen and oxygen atoms in total. The van der Waals surface area contributed by atoms with Crippen LogP contribution in [0.1, 0.15) is 51.9 Å². The third-order valence-electron chi connectivity index (χ3n) is 5.50. The first kappa shape index (κ1) is 19.9. The number of nitrogens with zero attached hydrogens (tertiary/aromatic N) is 3. The third kappa shape index (κ3) is 3.73. The number of aryl methyl sites for hydroxylation is 2. The van der Waals surface area contributed by atoms with E-state index in [2.05, 4.69) is 16.0 Å². The van der Waals surface area contributed by atoms with Crippen LogP contribution < -0.4 is 0 Å². The first-order chi connectivity index (χ1) is 14.4. The molecule has 0 unspecified atom stereocenters. The minimum Gasteiger partial charge on any atom is -0.274 e. The molecule has 0 fully saturated rings. The second-order valence-electron chi connectivity index (χ2n) is 7.76. The number of rotatable bonds is 3. The van der Waals surface area contributed by atoms with E-state index in [1.165, 1.54) is 6.20 Å². The van der Waals surface area contributed by atoms with Crippen molar-refractivity contribution < 1.29 is 8.78 Å². The molecule has 0 saturated carbocycles. The van der Waals surface area contributed by atoms with E-state index in [4.69, 9.17) is 5.26 Å². The van der Waals surface area contributed by atoms with Gasteiger partial charge in [0.15, 0.2) is 0 Å². The van der Waals surface area contributed by atoms with E-state index in [1.54, 1.807) is 36.4 Å².